The predicted octanol–water partition coefficient (Wildman–Crippen LogP) is 3.47. The zero-order valence-corrected chi connectivity index (χ0v) is 13.8. The maximum absolute atomic E-state index is 12.2. The van der Waals surface area contributed by atoms with Gasteiger partial charge >= 0.3 is 6.09 Å². The van der Waals surface area contributed by atoms with Crippen LogP contribution in [0.1, 0.15) is 33.6 Å². The first kappa shape index (κ1) is 16.5. The van der Waals surface area contributed by atoms with E-state index in [1.165, 1.54) is 0 Å². The van der Waals surface area contributed by atoms with E-state index in [1.807, 2.05) is 45.0 Å². The molecular weight excluding hydrogens is 282 g/mol. The predicted molar refractivity (Wildman–Crippen MR) is 84.5 cm³/mol. The van der Waals surface area contributed by atoms with E-state index in [-0.39, 0.29) is 12.1 Å². The van der Waals surface area contributed by atoms with Crippen LogP contribution in [0.4, 0.5) is 4.79 Å². The molecule has 1 fully saturated rings. The number of hydrogen-bond acceptors (Lipinski definition) is 4. The molecule has 1 heterocycles. The molecule has 1 aliphatic heterocycles. The van der Waals surface area contributed by atoms with Gasteiger partial charge in [-0.1, -0.05) is 12.1 Å². The number of carbonyl (C=O) groups is 1. The van der Waals surface area contributed by atoms with E-state index in [4.69, 9.17) is 14.2 Å². The lowest BCUT2D eigenvalue weighted by molar-refractivity contribution is 0.0187. The first-order chi connectivity index (χ1) is 10.4. The SMILES string of the molecule is COc1ccccc1OC[C@H]1CCCN1C(=O)OC(C)(C)C. The highest BCUT2D eigenvalue weighted by molar-refractivity contribution is 5.69. The highest BCUT2D eigenvalue weighted by atomic mass is 16.6. The second-order valence-corrected chi connectivity index (χ2v) is 6.43. The van der Waals surface area contributed by atoms with Gasteiger partial charge in [0.2, 0.25) is 0 Å². The molecule has 1 atom stereocenters. The van der Waals surface area contributed by atoms with Gasteiger partial charge in [0.05, 0.1) is 13.2 Å². The lowest BCUT2D eigenvalue weighted by Crippen LogP contribution is -2.42. The summed E-state index contributed by atoms with van der Waals surface area (Å²) in [6, 6.07) is 7.56. The molecule has 0 unspecified atom stereocenters. The molecule has 0 aromatic heterocycles. The molecule has 1 aromatic rings. The van der Waals surface area contributed by atoms with Crippen molar-refractivity contribution in [1.82, 2.24) is 4.90 Å². The monoisotopic (exact) mass is 307 g/mol. The molecule has 122 valence electrons. The lowest BCUT2D eigenvalue weighted by Gasteiger charge is -2.28. The Labute approximate surface area is 132 Å². The number of amides is 1. The van der Waals surface area contributed by atoms with Crippen molar-refractivity contribution in [3.63, 3.8) is 0 Å². The second-order valence-electron chi connectivity index (χ2n) is 6.43. The van der Waals surface area contributed by atoms with Gasteiger partial charge in [-0.2, -0.15) is 0 Å². The number of likely N-dealkylation sites (tertiary alicyclic amines) is 1. The van der Waals surface area contributed by atoms with Crippen molar-refractivity contribution in [2.75, 3.05) is 20.3 Å². The van der Waals surface area contributed by atoms with Crippen LogP contribution < -0.4 is 9.47 Å². The Morgan fingerprint density at radius 2 is 1.95 bits per heavy atom. The van der Waals surface area contributed by atoms with Crippen LogP contribution in [-0.4, -0.2) is 42.9 Å². The minimum absolute atomic E-state index is 0.0414. The molecule has 2 rings (SSSR count). The van der Waals surface area contributed by atoms with Crippen molar-refractivity contribution in [3.8, 4) is 11.5 Å². The maximum Gasteiger partial charge on any atom is 0.410 e. The number of hydrogen-bond donors (Lipinski definition) is 0. The normalized spacial score (nSPS) is 18.2. The van der Waals surface area contributed by atoms with E-state index >= 15 is 0 Å². The Morgan fingerprint density at radius 1 is 1.27 bits per heavy atom. The van der Waals surface area contributed by atoms with Gasteiger partial charge in [0.15, 0.2) is 11.5 Å². The number of methoxy groups -OCH3 is 1. The zero-order valence-electron chi connectivity index (χ0n) is 13.8. The van der Waals surface area contributed by atoms with Gasteiger partial charge in [-0.05, 0) is 45.7 Å². The topological polar surface area (TPSA) is 48.0 Å². The Balaban J connectivity index is 1.95. The van der Waals surface area contributed by atoms with Crippen LogP contribution in [0.2, 0.25) is 0 Å². The minimum atomic E-state index is -0.478. The summed E-state index contributed by atoms with van der Waals surface area (Å²) in [6.07, 6.45) is 1.63. The van der Waals surface area contributed by atoms with Gasteiger partial charge in [0.1, 0.15) is 12.2 Å². The third-order valence-electron chi connectivity index (χ3n) is 3.51. The third-order valence-corrected chi connectivity index (χ3v) is 3.51. The highest BCUT2D eigenvalue weighted by Gasteiger charge is 2.32. The number of para-hydroxylation sites is 2. The third kappa shape index (κ3) is 4.29. The first-order valence-corrected chi connectivity index (χ1v) is 7.66. The standard InChI is InChI=1S/C17H25NO4/c1-17(2,3)22-16(19)18-11-7-8-13(18)12-21-15-10-6-5-9-14(15)20-4/h5-6,9-10,13H,7-8,11-12H2,1-4H3/t13-/m1/s1. The molecule has 1 saturated heterocycles. The van der Waals surface area contributed by atoms with Gasteiger partial charge in [-0.15, -0.1) is 0 Å². The Bertz CT molecular complexity index is 510. The Hall–Kier alpha value is -1.91. The first-order valence-electron chi connectivity index (χ1n) is 7.66. The number of carbonyl (C=O) groups excluding carboxylic acids is 1. The van der Waals surface area contributed by atoms with E-state index in [0.717, 1.165) is 19.4 Å². The molecule has 1 aliphatic rings. The highest BCUT2D eigenvalue weighted by Crippen LogP contribution is 2.27. The summed E-state index contributed by atoms with van der Waals surface area (Å²) >= 11 is 0. The van der Waals surface area contributed by atoms with Crippen LogP contribution in [0.5, 0.6) is 11.5 Å². The van der Waals surface area contributed by atoms with Gasteiger partial charge in [-0.25, -0.2) is 4.79 Å². The van der Waals surface area contributed by atoms with Crippen molar-refractivity contribution >= 4 is 6.09 Å². The fourth-order valence-electron chi connectivity index (χ4n) is 2.49. The van der Waals surface area contributed by atoms with Crippen LogP contribution in [0.25, 0.3) is 0 Å². The summed E-state index contributed by atoms with van der Waals surface area (Å²) in [5, 5.41) is 0. The van der Waals surface area contributed by atoms with Crippen LogP contribution >= 0.6 is 0 Å². The molecule has 5 nitrogen and oxygen atoms in total. The van der Waals surface area contributed by atoms with Crippen molar-refractivity contribution in [3.05, 3.63) is 24.3 Å². The summed E-state index contributed by atoms with van der Waals surface area (Å²) in [4.78, 5) is 14.0. The smallest absolute Gasteiger partial charge is 0.410 e. The zero-order chi connectivity index (χ0) is 16.2. The molecule has 0 bridgehead atoms. The summed E-state index contributed by atoms with van der Waals surface area (Å²) in [6.45, 7) is 6.79. The van der Waals surface area contributed by atoms with Gasteiger partial charge < -0.3 is 19.1 Å². The molecule has 0 spiro atoms. The van der Waals surface area contributed by atoms with Gasteiger partial charge in [-0.3, -0.25) is 0 Å². The summed E-state index contributed by atoms with van der Waals surface area (Å²) in [5.74, 6) is 1.39. The van der Waals surface area contributed by atoms with E-state index < -0.39 is 5.60 Å². The van der Waals surface area contributed by atoms with Crippen molar-refractivity contribution < 1.29 is 19.0 Å². The fourth-order valence-corrected chi connectivity index (χ4v) is 2.49. The fraction of sp³-hybridized carbons (Fsp3) is 0.588. The quantitative estimate of drug-likeness (QED) is 0.854. The molecule has 1 amide bonds. The average molecular weight is 307 g/mol. The van der Waals surface area contributed by atoms with Crippen molar-refractivity contribution in [2.24, 2.45) is 0 Å². The molecule has 0 aliphatic carbocycles. The Kier molecular flexibility index (Phi) is 5.16. The number of rotatable bonds is 4. The van der Waals surface area contributed by atoms with E-state index in [0.29, 0.717) is 18.1 Å². The molecule has 0 N–H and O–H groups in total. The molecule has 22 heavy (non-hydrogen) atoms. The van der Waals surface area contributed by atoms with Gasteiger partial charge in [0, 0.05) is 6.54 Å². The van der Waals surface area contributed by atoms with Crippen LogP contribution in [0.15, 0.2) is 24.3 Å². The van der Waals surface area contributed by atoms with E-state index in [9.17, 15) is 4.79 Å². The minimum Gasteiger partial charge on any atom is -0.493 e. The van der Waals surface area contributed by atoms with E-state index in [2.05, 4.69) is 0 Å². The molecule has 0 radical (unpaired) electrons. The number of benzene rings is 1. The van der Waals surface area contributed by atoms with Crippen LogP contribution in [0, 0.1) is 0 Å². The van der Waals surface area contributed by atoms with Crippen LogP contribution in [-0.2, 0) is 4.74 Å². The summed E-state index contributed by atoms with van der Waals surface area (Å²) in [5.41, 5.74) is -0.478. The molecule has 1 aromatic carbocycles. The molecular formula is C17H25NO4. The van der Waals surface area contributed by atoms with Crippen molar-refractivity contribution in [2.45, 2.75) is 45.3 Å². The largest absolute Gasteiger partial charge is 0.493 e. The summed E-state index contributed by atoms with van der Waals surface area (Å²) in [7, 11) is 1.62. The second kappa shape index (κ2) is 6.90. The number of nitrogens with zero attached hydrogens (tertiary/aromatic N) is 1. The van der Waals surface area contributed by atoms with E-state index in [1.54, 1.807) is 12.0 Å². The van der Waals surface area contributed by atoms with Crippen molar-refractivity contribution in [1.29, 1.82) is 0 Å². The Morgan fingerprint density at radius 3 is 2.59 bits per heavy atom. The average Bonchev–Trinajstić information content (AvgIpc) is 2.92. The maximum atomic E-state index is 12.2. The lowest BCUT2D eigenvalue weighted by atomic mass is 10.2. The summed E-state index contributed by atoms with van der Waals surface area (Å²) < 4.78 is 16.6. The van der Waals surface area contributed by atoms with Crippen LogP contribution in [0.3, 0.4) is 0 Å². The van der Waals surface area contributed by atoms with Gasteiger partial charge in [0.25, 0.3) is 0 Å². The number of ether oxygens (including phenoxy) is 3. The molecule has 5 heteroatoms. The molecule has 0 saturated carbocycles.